The lowest BCUT2D eigenvalue weighted by molar-refractivity contribution is -0.142. The van der Waals surface area contributed by atoms with Crippen molar-refractivity contribution >= 4 is 12.1 Å². The summed E-state index contributed by atoms with van der Waals surface area (Å²) < 4.78 is 18.5. The lowest BCUT2D eigenvalue weighted by Gasteiger charge is -2.29. The first-order valence-electron chi connectivity index (χ1n) is 5.51. The molecule has 0 aromatic rings. The van der Waals surface area contributed by atoms with Crippen LogP contribution < -0.4 is 0 Å². The summed E-state index contributed by atoms with van der Waals surface area (Å²) in [5.41, 5.74) is -0.728. The van der Waals surface area contributed by atoms with Gasteiger partial charge >= 0.3 is 12.1 Å². The molecule has 0 spiro atoms. The van der Waals surface area contributed by atoms with E-state index in [1.165, 1.54) is 6.92 Å². The molecule has 17 heavy (non-hydrogen) atoms. The summed E-state index contributed by atoms with van der Waals surface area (Å²) in [5, 5.41) is 8.95. The van der Waals surface area contributed by atoms with Crippen LogP contribution in [0.2, 0.25) is 0 Å². The Balaban J connectivity index is 2.85. The third kappa shape index (κ3) is 3.08. The molecule has 1 fully saturated rings. The van der Waals surface area contributed by atoms with Crippen LogP contribution in [0.4, 0.5) is 9.18 Å². The Morgan fingerprint density at radius 1 is 1.41 bits per heavy atom. The van der Waals surface area contributed by atoms with Gasteiger partial charge in [-0.25, -0.2) is 14.0 Å². The number of amides is 1. The van der Waals surface area contributed by atoms with Gasteiger partial charge in [-0.1, -0.05) is 0 Å². The Kier molecular flexibility index (Phi) is 3.64. The number of likely N-dealkylation sites (tertiary alicyclic amines) is 1. The summed E-state index contributed by atoms with van der Waals surface area (Å²) in [6.45, 7) is 6.51. The van der Waals surface area contributed by atoms with Gasteiger partial charge < -0.3 is 9.84 Å². The minimum absolute atomic E-state index is 0.185. The fourth-order valence-corrected chi connectivity index (χ4v) is 1.81. The first kappa shape index (κ1) is 13.7. The maximum Gasteiger partial charge on any atom is 0.411 e. The number of carbonyl (C=O) groups excluding carboxylic acids is 1. The molecule has 98 valence electrons. The number of rotatable bonds is 1. The Morgan fingerprint density at radius 3 is 2.35 bits per heavy atom. The van der Waals surface area contributed by atoms with E-state index in [0.717, 1.165) is 4.90 Å². The minimum atomic E-state index is -1.33. The summed E-state index contributed by atoms with van der Waals surface area (Å²) in [7, 11) is 0. The highest BCUT2D eigenvalue weighted by Crippen LogP contribution is 2.28. The van der Waals surface area contributed by atoms with Crippen LogP contribution in [0.3, 0.4) is 0 Å². The number of ether oxygens (including phenoxy) is 1. The van der Waals surface area contributed by atoms with E-state index in [0.29, 0.717) is 0 Å². The third-order valence-corrected chi connectivity index (χ3v) is 2.64. The quantitative estimate of drug-likeness (QED) is 0.767. The molecular formula is C11H18FNO4. The van der Waals surface area contributed by atoms with Gasteiger partial charge in [-0.3, -0.25) is 4.90 Å². The van der Waals surface area contributed by atoms with E-state index in [-0.39, 0.29) is 6.42 Å². The molecule has 5 nitrogen and oxygen atoms in total. The van der Waals surface area contributed by atoms with Crippen LogP contribution in [-0.4, -0.2) is 45.9 Å². The van der Waals surface area contributed by atoms with Crippen LogP contribution in [0.1, 0.15) is 34.1 Å². The van der Waals surface area contributed by atoms with Gasteiger partial charge in [0.15, 0.2) is 0 Å². The molecule has 0 bridgehead atoms. The van der Waals surface area contributed by atoms with Crippen LogP contribution in [0.25, 0.3) is 0 Å². The summed E-state index contributed by atoms with van der Waals surface area (Å²) in [6.07, 6.45) is -2.29. The first-order valence-corrected chi connectivity index (χ1v) is 5.51. The van der Waals surface area contributed by atoms with E-state index in [4.69, 9.17) is 9.84 Å². The van der Waals surface area contributed by atoms with Gasteiger partial charge in [0.1, 0.15) is 17.8 Å². The highest BCUT2D eigenvalue weighted by Gasteiger charge is 2.46. The number of hydrogen-bond donors (Lipinski definition) is 1. The van der Waals surface area contributed by atoms with Gasteiger partial charge in [0, 0.05) is 6.42 Å². The van der Waals surface area contributed by atoms with Crippen molar-refractivity contribution in [3.8, 4) is 0 Å². The SMILES string of the molecule is CC1C(F)C[C@@H](C(=O)O)N1C(=O)OC(C)(C)C. The molecule has 1 heterocycles. The summed E-state index contributed by atoms with van der Waals surface area (Å²) in [6, 6.07) is -1.92. The van der Waals surface area contributed by atoms with E-state index in [2.05, 4.69) is 0 Å². The normalized spacial score (nSPS) is 29.2. The highest BCUT2D eigenvalue weighted by molar-refractivity contribution is 5.81. The Morgan fingerprint density at radius 2 is 1.94 bits per heavy atom. The van der Waals surface area contributed by atoms with Crippen molar-refractivity contribution < 1.29 is 23.8 Å². The van der Waals surface area contributed by atoms with E-state index < -0.39 is 35.9 Å². The summed E-state index contributed by atoms with van der Waals surface area (Å²) >= 11 is 0. The molecule has 3 atom stereocenters. The molecule has 6 heteroatoms. The molecule has 1 aliphatic rings. The lowest BCUT2D eigenvalue weighted by Crippen LogP contribution is -2.47. The van der Waals surface area contributed by atoms with Gasteiger partial charge in [0.05, 0.1) is 6.04 Å². The Labute approximate surface area is 99.5 Å². The van der Waals surface area contributed by atoms with E-state index in [9.17, 15) is 14.0 Å². The molecule has 1 saturated heterocycles. The molecule has 1 N–H and O–H groups in total. The molecule has 0 aromatic heterocycles. The average molecular weight is 247 g/mol. The molecule has 1 amide bonds. The number of hydrogen-bond acceptors (Lipinski definition) is 3. The minimum Gasteiger partial charge on any atom is -0.480 e. The second-order valence-corrected chi connectivity index (χ2v) is 5.23. The van der Waals surface area contributed by atoms with Gasteiger partial charge in [-0.15, -0.1) is 0 Å². The molecular weight excluding hydrogens is 229 g/mol. The smallest absolute Gasteiger partial charge is 0.411 e. The predicted octanol–water partition coefficient (Wildman–Crippen LogP) is 1.81. The van der Waals surface area contributed by atoms with Gasteiger partial charge in [0.2, 0.25) is 0 Å². The fourth-order valence-electron chi connectivity index (χ4n) is 1.81. The van der Waals surface area contributed by atoms with Crippen molar-refractivity contribution in [3.63, 3.8) is 0 Å². The van der Waals surface area contributed by atoms with Gasteiger partial charge in [-0.2, -0.15) is 0 Å². The summed E-state index contributed by atoms with van der Waals surface area (Å²) in [4.78, 5) is 23.7. The predicted molar refractivity (Wildman–Crippen MR) is 58.5 cm³/mol. The highest BCUT2D eigenvalue weighted by atomic mass is 19.1. The van der Waals surface area contributed by atoms with Crippen molar-refractivity contribution in [1.82, 2.24) is 4.90 Å². The molecule has 0 aliphatic carbocycles. The van der Waals surface area contributed by atoms with Crippen molar-refractivity contribution in [1.29, 1.82) is 0 Å². The molecule has 2 unspecified atom stereocenters. The Bertz CT molecular complexity index is 326. The van der Waals surface area contributed by atoms with Crippen LogP contribution in [-0.2, 0) is 9.53 Å². The van der Waals surface area contributed by atoms with E-state index in [1.807, 2.05) is 0 Å². The fraction of sp³-hybridized carbons (Fsp3) is 0.818. The number of halogens is 1. The second kappa shape index (κ2) is 4.50. The number of carboxylic acids is 1. The maximum atomic E-state index is 13.5. The monoisotopic (exact) mass is 247 g/mol. The second-order valence-electron chi connectivity index (χ2n) is 5.23. The average Bonchev–Trinajstić information content (AvgIpc) is 2.40. The summed E-state index contributed by atoms with van der Waals surface area (Å²) in [5.74, 6) is -1.21. The Hall–Kier alpha value is -1.33. The number of alkyl halides is 1. The molecule has 1 rings (SSSR count). The van der Waals surface area contributed by atoms with Crippen LogP contribution in [0.5, 0.6) is 0 Å². The largest absolute Gasteiger partial charge is 0.480 e. The van der Waals surface area contributed by atoms with Crippen molar-refractivity contribution in [3.05, 3.63) is 0 Å². The zero-order valence-electron chi connectivity index (χ0n) is 10.4. The molecule has 0 aromatic carbocycles. The molecule has 1 aliphatic heterocycles. The third-order valence-electron chi connectivity index (χ3n) is 2.64. The topological polar surface area (TPSA) is 66.8 Å². The van der Waals surface area contributed by atoms with Crippen molar-refractivity contribution in [2.24, 2.45) is 0 Å². The van der Waals surface area contributed by atoms with Crippen LogP contribution >= 0.6 is 0 Å². The number of carboxylic acid groups (broad SMARTS) is 1. The van der Waals surface area contributed by atoms with Crippen molar-refractivity contribution in [2.45, 2.75) is 58.0 Å². The zero-order chi connectivity index (χ0) is 13.4. The van der Waals surface area contributed by atoms with Crippen LogP contribution in [0.15, 0.2) is 0 Å². The van der Waals surface area contributed by atoms with E-state index >= 15 is 0 Å². The maximum absolute atomic E-state index is 13.5. The molecule has 0 radical (unpaired) electrons. The molecule has 0 saturated carbocycles. The number of carbonyl (C=O) groups is 2. The van der Waals surface area contributed by atoms with Crippen molar-refractivity contribution in [2.75, 3.05) is 0 Å². The lowest BCUT2D eigenvalue weighted by atomic mass is 10.2. The van der Waals surface area contributed by atoms with Gasteiger partial charge in [-0.05, 0) is 27.7 Å². The zero-order valence-corrected chi connectivity index (χ0v) is 10.4. The first-order chi connectivity index (χ1) is 7.63. The van der Waals surface area contributed by atoms with Gasteiger partial charge in [0.25, 0.3) is 0 Å². The van der Waals surface area contributed by atoms with E-state index in [1.54, 1.807) is 20.8 Å². The number of nitrogens with zero attached hydrogens (tertiary/aromatic N) is 1. The number of aliphatic carboxylic acids is 1. The van der Waals surface area contributed by atoms with Crippen LogP contribution in [0, 0.1) is 0 Å². The standard InChI is InChI=1S/C11H18FNO4/c1-6-7(12)5-8(9(14)15)13(6)10(16)17-11(2,3)4/h6-8H,5H2,1-4H3,(H,14,15)/t6?,7?,8-/m0/s1.